The molecule has 124 valence electrons. The number of halogens is 2. The van der Waals surface area contributed by atoms with Gasteiger partial charge in [0, 0.05) is 28.9 Å². The number of benzene rings is 1. The van der Waals surface area contributed by atoms with Crippen molar-refractivity contribution in [3.63, 3.8) is 0 Å². The molecule has 0 spiro atoms. The highest BCUT2D eigenvalue weighted by Gasteiger charge is 2.05. The van der Waals surface area contributed by atoms with Gasteiger partial charge in [-0.2, -0.15) is 4.98 Å². The van der Waals surface area contributed by atoms with Gasteiger partial charge in [-0.05, 0) is 37.1 Å². The summed E-state index contributed by atoms with van der Waals surface area (Å²) in [7, 11) is 0. The third-order valence-electron chi connectivity index (χ3n) is 3.23. The molecule has 3 rings (SSSR count). The van der Waals surface area contributed by atoms with Gasteiger partial charge in [0.15, 0.2) is 5.82 Å². The van der Waals surface area contributed by atoms with E-state index in [9.17, 15) is 0 Å². The zero-order chi connectivity index (χ0) is 16.9. The van der Waals surface area contributed by atoms with Gasteiger partial charge >= 0.3 is 0 Å². The number of nitrogens with zero attached hydrogens (tertiary/aromatic N) is 3. The smallest absolute Gasteiger partial charge is 0.224 e. The Labute approximate surface area is 149 Å². The molecule has 8 heteroatoms. The van der Waals surface area contributed by atoms with Crippen molar-refractivity contribution in [2.24, 2.45) is 0 Å². The highest BCUT2D eigenvalue weighted by Crippen LogP contribution is 2.21. The van der Waals surface area contributed by atoms with Crippen LogP contribution in [0.1, 0.15) is 11.3 Å². The molecule has 2 heterocycles. The van der Waals surface area contributed by atoms with Crippen LogP contribution in [0.5, 0.6) is 0 Å². The van der Waals surface area contributed by atoms with Gasteiger partial charge in [-0.25, -0.2) is 4.98 Å². The van der Waals surface area contributed by atoms with Crippen LogP contribution >= 0.6 is 23.2 Å². The molecule has 0 saturated heterocycles. The van der Waals surface area contributed by atoms with Crippen molar-refractivity contribution >= 4 is 40.8 Å². The number of hydrogen-bond donors (Lipinski definition) is 2. The lowest BCUT2D eigenvalue weighted by molar-refractivity contribution is 0.400. The maximum Gasteiger partial charge on any atom is 0.224 e. The number of anilines is 3. The van der Waals surface area contributed by atoms with Gasteiger partial charge in [-0.15, -0.1) is 0 Å². The van der Waals surface area contributed by atoms with Crippen molar-refractivity contribution in [2.45, 2.75) is 13.3 Å². The summed E-state index contributed by atoms with van der Waals surface area (Å²) in [6.07, 6.45) is 2.40. The monoisotopic (exact) mass is 363 g/mol. The van der Waals surface area contributed by atoms with E-state index < -0.39 is 0 Å². The molecule has 1 aromatic carbocycles. The Morgan fingerprint density at radius 3 is 2.75 bits per heavy atom. The lowest BCUT2D eigenvalue weighted by Gasteiger charge is -2.08. The fourth-order valence-electron chi connectivity index (χ4n) is 2.10. The van der Waals surface area contributed by atoms with E-state index in [0.29, 0.717) is 34.2 Å². The minimum absolute atomic E-state index is 0.519. The summed E-state index contributed by atoms with van der Waals surface area (Å²) in [4.78, 5) is 8.57. The quantitative estimate of drug-likeness (QED) is 0.672. The molecular formula is C16H15Cl2N5O. The zero-order valence-corrected chi connectivity index (χ0v) is 14.4. The van der Waals surface area contributed by atoms with Crippen molar-refractivity contribution in [3.8, 4) is 0 Å². The topological polar surface area (TPSA) is 75.9 Å². The highest BCUT2D eigenvalue weighted by atomic mass is 35.5. The molecular weight excluding hydrogens is 349 g/mol. The second-order valence-electron chi connectivity index (χ2n) is 5.13. The first-order chi connectivity index (χ1) is 11.6. The molecule has 0 bridgehead atoms. The second kappa shape index (κ2) is 7.51. The number of hydrogen-bond acceptors (Lipinski definition) is 6. The van der Waals surface area contributed by atoms with Crippen LogP contribution in [-0.4, -0.2) is 21.7 Å². The third kappa shape index (κ3) is 4.37. The lowest BCUT2D eigenvalue weighted by Crippen LogP contribution is -2.09. The van der Waals surface area contributed by atoms with Crippen molar-refractivity contribution < 1.29 is 4.52 Å². The van der Waals surface area contributed by atoms with Crippen LogP contribution in [0.4, 0.5) is 17.6 Å². The molecule has 0 aliphatic carbocycles. The Bertz CT molecular complexity index is 837. The minimum Gasteiger partial charge on any atom is -0.360 e. The summed E-state index contributed by atoms with van der Waals surface area (Å²) in [5.74, 6) is 2.48. The Morgan fingerprint density at radius 2 is 2.00 bits per heavy atom. The molecule has 0 radical (unpaired) electrons. The molecule has 0 unspecified atom stereocenters. The second-order valence-corrected chi connectivity index (χ2v) is 5.97. The Morgan fingerprint density at radius 1 is 1.12 bits per heavy atom. The zero-order valence-electron chi connectivity index (χ0n) is 12.9. The molecule has 0 aliphatic heterocycles. The normalized spacial score (nSPS) is 10.6. The summed E-state index contributed by atoms with van der Waals surface area (Å²) in [6.45, 7) is 2.47. The van der Waals surface area contributed by atoms with E-state index in [2.05, 4.69) is 25.8 Å². The van der Waals surface area contributed by atoms with Gasteiger partial charge in [0.1, 0.15) is 11.6 Å². The maximum atomic E-state index is 6.16. The first-order valence-corrected chi connectivity index (χ1v) is 8.07. The van der Waals surface area contributed by atoms with E-state index >= 15 is 0 Å². The van der Waals surface area contributed by atoms with Crippen LogP contribution in [0, 0.1) is 6.92 Å². The van der Waals surface area contributed by atoms with E-state index in [0.717, 1.165) is 17.7 Å². The van der Waals surface area contributed by atoms with E-state index in [1.54, 1.807) is 24.4 Å². The van der Waals surface area contributed by atoms with Gasteiger partial charge in [-0.3, -0.25) is 0 Å². The molecule has 24 heavy (non-hydrogen) atoms. The molecule has 0 saturated carbocycles. The largest absolute Gasteiger partial charge is 0.360 e. The van der Waals surface area contributed by atoms with E-state index in [4.69, 9.17) is 27.7 Å². The van der Waals surface area contributed by atoms with Crippen LogP contribution in [0.25, 0.3) is 0 Å². The summed E-state index contributed by atoms with van der Waals surface area (Å²) in [5.41, 5.74) is 1.01. The fraction of sp³-hybridized carbons (Fsp3) is 0.188. The first kappa shape index (κ1) is 16.5. The molecule has 2 N–H and O–H groups in total. The SMILES string of the molecule is Cc1cc(Nc2ccnc(NCCc3ccc(Cl)cc3Cl)n2)no1. The van der Waals surface area contributed by atoms with Gasteiger partial charge in [0.05, 0.1) is 0 Å². The fourth-order valence-corrected chi connectivity index (χ4v) is 2.61. The van der Waals surface area contributed by atoms with Gasteiger partial charge in [0.25, 0.3) is 0 Å². The van der Waals surface area contributed by atoms with Crippen LogP contribution in [-0.2, 0) is 6.42 Å². The Balaban J connectivity index is 1.58. The van der Waals surface area contributed by atoms with Crippen molar-refractivity contribution in [2.75, 3.05) is 17.2 Å². The van der Waals surface area contributed by atoms with E-state index in [1.807, 2.05) is 19.1 Å². The highest BCUT2D eigenvalue weighted by molar-refractivity contribution is 6.35. The maximum absolute atomic E-state index is 6.16. The molecule has 0 aliphatic rings. The summed E-state index contributed by atoms with van der Waals surface area (Å²) < 4.78 is 5.01. The van der Waals surface area contributed by atoms with Crippen molar-refractivity contribution in [3.05, 3.63) is 57.9 Å². The molecule has 0 fully saturated rings. The van der Waals surface area contributed by atoms with Crippen LogP contribution in [0.15, 0.2) is 41.1 Å². The van der Waals surface area contributed by atoms with Crippen molar-refractivity contribution in [1.82, 2.24) is 15.1 Å². The van der Waals surface area contributed by atoms with Crippen LogP contribution in [0.2, 0.25) is 10.0 Å². The third-order valence-corrected chi connectivity index (χ3v) is 3.82. The average molecular weight is 364 g/mol. The number of aryl methyl sites for hydroxylation is 1. The molecule has 0 atom stereocenters. The number of aromatic nitrogens is 3. The Kier molecular flexibility index (Phi) is 5.17. The molecule has 2 aromatic heterocycles. The summed E-state index contributed by atoms with van der Waals surface area (Å²) in [5, 5.41) is 11.4. The van der Waals surface area contributed by atoms with Crippen LogP contribution in [0.3, 0.4) is 0 Å². The molecule has 0 amide bonds. The van der Waals surface area contributed by atoms with Gasteiger partial charge in [-0.1, -0.05) is 34.4 Å². The predicted molar refractivity (Wildman–Crippen MR) is 95.2 cm³/mol. The van der Waals surface area contributed by atoms with Gasteiger partial charge < -0.3 is 15.2 Å². The summed E-state index contributed by atoms with van der Waals surface area (Å²) >= 11 is 12.1. The predicted octanol–water partition coefficient (Wildman–Crippen LogP) is 4.48. The first-order valence-electron chi connectivity index (χ1n) is 7.31. The number of rotatable bonds is 6. The Hall–Kier alpha value is -2.31. The van der Waals surface area contributed by atoms with Crippen molar-refractivity contribution in [1.29, 1.82) is 0 Å². The molecule has 3 aromatic rings. The summed E-state index contributed by atoms with van der Waals surface area (Å²) in [6, 6.07) is 9.02. The van der Waals surface area contributed by atoms with E-state index in [1.165, 1.54) is 0 Å². The minimum atomic E-state index is 0.519. The molecule has 6 nitrogen and oxygen atoms in total. The van der Waals surface area contributed by atoms with Gasteiger partial charge in [0.2, 0.25) is 5.95 Å². The lowest BCUT2D eigenvalue weighted by atomic mass is 10.1. The van der Waals surface area contributed by atoms with E-state index in [-0.39, 0.29) is 0 Å². The number of nitrogens with one attached hydrogen (secondary N) is 2. The average Bonchev–Trinajstić information content (AvgIpc) is 2.95. The van der Waals surface area contributed by atoms with Crippen LogP contribution < -0.4 is 10.6 Å². The standard InChI is InChI=1S/C16H15Cl2N5O/c1-10-8-15(23-24-10)21-14-5-7-20-16(22-14)19-6-4-11-2-3-12(17)9-13(11)18/h2-3,5,7-9H,4,6H2,1H3,(H2,19,20,21,22,23).